The quantitative estimate of drug-likeness (QED) is 0.699. The Morgan fingerprint density at radius 3 is 2.72 bits per heavy atom. The Balaban J connectivity index is 1.49. The molecule has 29 heavy (non-hydrogen) atoms. The molecule has 0 saturated heterocycles. The molecular formula is C21H24F2N2O4. The molecule has 0 unspecified atom stereocenters. The third-order valence-electron chi connectivity index (χ3n) is 4.57. The van der Waals surface area contributed by atoms with Crippen molar-refractivity contribution in [3.05, 3.63) is 53.6 Å². The number of fused-ring (bicyclic) bond motifs is 1. The summed E-state index contributed by atoms with van der Waals surface area (Å²) in [6, 6.07) is 12.1. The van der Waals surface area contributed by atoms with Crippen LogP contribution >= 0.6 is 0 Å². The minimum absolute atomic E-state index is 0.217. The molecule has 1 aliphatic rings. The summed E-state index contributed by atoms with van der Waals surface area (Å²) in [7, 11) is 0. The van der Waals surface area contributed by atoms with Crippen LogP contribution in [0.15, 0.2) is 42.5 Å². The highest BCUT2D eigenvalue weighted by Crippen LogP contribution is 2.36. The lowest BCUT2D eigenvalue weighted by atomic mass is 9.84. The van der Waals surface area contributed by atoms with Gasteiger partial charge in [0.15, 0.2) is 11.5 Å². The lowest BCUT2D eigenvalue weighted by Gasteiger charge is -2.26. The maximum atomic E-state index is 12.2. The first kappa shape index (κ1) is 20.7. The van der Waals surface area contributed by atoms with E-state index in [1.807, 2.05) is 32.0 Å². The van der Waals surface area contributed by atoms with Gasteiger partial charge in [-0.15, -0.1) is 0 Å². The molecule has 0 radical (unpaired) electrons. The van der Waals surface area contributed by atoms with Crippen LogP contribution in [0.1, 0.15) is 25.0 Å². The maximum Gasteiger partial charge on any atom is 0.315 e. The first-order valence-electron chi connectivity index (χ1n) is 9.25. The summed E-state index contributed by atoms with van der Waals surface area (Å²) >= 11 is 0. The summed E-state index contributed by atoms with van der Waals surface area (Å²) in [4.78, 5) is 12.2. The predicted octanol–water partition coefficient (Wildman–Crippen LogP) is 3.84. The van der Waals surface area contributed by atoms with Gasteiger partial charge in [-0.05, 0) is 35.4 Å². The number of rotatable bonds is 8. The van der Waals surface area contributed by atoms with Gasteiger partial charge in [-0.25, -0.2) is 13.6 Å². The molecule has 1 aliphatic heterocycles. The molecule has 0 aromatic heterocycles. The van der Waals surface area contributed by atoms with Crippen molar-refractivity contribution < 1.29 is 27.8 Å². The van der Waals surface area contributed by atoms with E-state index in [0.29, 0.717) is 18.0 Å². The van der Waals surface area contributed by atoms with Crippen LogP contribution in [-0.4, -0.2) is 32.4 Å². The number of hydrogen-bond acceptors (Lipinski definition) is 4. The molecule has 0 spiro atoms. The molecule has 6 nitrogen and oxygen atoms in total. The van der Waals surface area contributed by atoms with Gasteiger partial charge < -0.3 is 24.8 Å². The fourth-order valence-corrected chi connectivity index (χ4v) is 2.87. The van der Waals surface area contributed by atoms with Gasteiger partial charge in [0.1, 0.15) is 12.4 Å². The number of hydrogen-bond donors (Lipinski definition) is 2. The van der Waals surface area contributed by atoms with E-state index in [-0.39, 0.29) is 24.8 Å². The molecule has 8 heteroatoms. The van der Waals surface area contributed by atoms with E-state index in [0.717, 1.165) is 16.9 Å². The fraction of sp³-hybridized carbons (Fsp3) is 0.381. The topological polar surface area (TPSA) is 68.8 Å². The number of alkyl halides is 2. The van der Waals surface area contributed by atoms with Gasteiger partial charge in [-0.1, -0.05) is 32.0 Å². The average Bonchev–Trinajstić information content (AvgIpc) is 3.17. The van der Waals surface area contributed by atoms with E-state index in [1.54, 1.807) is 24.3 Å². The molecule has 2 aromatic carbocycles. The Morgan fingerprint density at radius 2 is 1.93 bits per heavy atom. The van der Waals surface area contributed by atoms with Crippen LogP contribution in [0.2, 0.25) is 0 Å². The van der Waals surface area contributed by atoms with Crippen LogP contribution in [0.5, 0.6) is 17.2 Å². The second kappa shape index (κ2) is 8.98. The van der Waals surface area contributed by atoms with E-state index in [2.05, 4.69) is 10.6 Å². The second-order valence-corrected chi connectivity index (χ2v) is 7.34. The number of amides is 2. The van der Waals surface area contributed by atoms with Gasteiger partial charge in [0.05, 0.1) is 0 Å². The van der Waals surface area contributed by atoms with E-state index < -0.39 is 13.0 Å². The SMILES string of the molecule is CC(C)(CNC(=O)NCc1cccc(OCC(F)F)c1)c1ccc2c(c1)OCO2. The van der Waals surface area contributed by atoms with Crippen LogP contribution < -0.4 is 24.8 Å². The Hall–Kier alpha value is -3.03. The maximum absolute atomic E-state index is 12.2. The first-order chi connectivity index (χ1) is 13.8. The molecule has 3 rings (SSSR count). The number of halogens is 2. The normalized spacial score (nSPS) is 12.7. The third-order valence-corrected chi connectivity index (χ3v) is 4.57. The van der Waals surface area contributed by atoms with Crippen molar-refractivity contribution in [3.8, 4) is 17.2 Å². The van der Waals surface area contributed by atoms with Crippen molar-refractivity contribution >= 4 is 6.03 Å². The van der Waals surface area contributed by atoms with E-state index in [1.165, 1.54) is 0 Å². The minimum atomic E-state index is -2.53. The zero-order valence-corrected chi connectivity index (χ0v) is 16.3. The zero-order chi connectivity index (χ0) is 20.9. The molecule has 2 aromatic rings. The predicted molar refractivity (Wildman–Crippen MR) is 104 cm³/mol. The number of carbonyl (C=O) groups excluding carboxylic acids is 1. The Bertz CT molecular complexity index is 858. The van der Waals surface area contributed by atoms with E-state index in [4.69, 9.17) is 14.2 Å². The van der Waals surface area contributed by atoms with Crippen LogP contribution in [0.25, 0.3) is 0 Å². The number of ether oxygens (including phenoxy) is 3. The van der Waals surface area contributed by atoms with Gasteiger partial charge in [-0.2, -0.15) is 0 Å². The van der Waals surface area contributed by atoms with Crippen molar-refractivity contribution in [1.29, 1.82) is 0 Å². The highest BCUT2D eigenvalue weighted by atomic mass is 19.3. The van der Waals surface area contributed by atoms with Crippen molar-refractivity contribution in [1.82, 2.24) is 10.6 Å². The zero-order valence-electron chi connectivity index (χ0n) is 16.3. The molecule has 0 aliphatic carbocycles. The monoisotopic (exact) mass is 406 g/mol. The molecule has 2 amide bonds. The third kappa shape index (κ3) is 5.73. The standard InChI is InChI=1S/C21H24F2N2O4/c1-21(2,15-6-7-17-18(9-15)29-13-28-17)12-25-20(26)24-10-14-4-3-5-16(8-14)27-11-19(22)23/h3-9,19H,10-13H2,1-2H3,(H2,24,25,26). The number of nitrogens with one attached hydrogen (secondary N) is 2. The van der Waals surface area contributed by atoms with Crippen LogP contribution in [0, 0.1) is 0 Å². The molecule has 0 atom stereocenters. The van der Waals surface area contributed by atoms with E-state index >= 15 is 0 Å². The van der Waals surface area contributed by atoms with Crippen LogP contribution in [0.3, 0.4) is 0 Å². The summed E-state index contributed by atoms with van der Waals surface area (Å²) in [6.07, 6.45) is -2.53. The minimum Gasteiger partial charge on any atom is -0.488 e. The molecule has 0 bridgehead atoms. The van der Waals surface area contributed by atoms with Crippen molar-refractivity contribution in [3.63, 3.8) is 0 Å². The first-order valence-corrected chi connectivity index (χ1v) is 9.25. The molecule has 2 N–H and O–H groups in total. The molecular weight excluding hydrogens is 382 g/mol. The van der Waals surface area contributed by atoms with Crippen LogP contribution in [0.4, 0.5) is 13.6 Å². The lowest BCUT2D eigenvalue weighted by molar-refractivity contribution is 0.0818. The summed E-state index contributed by atoms with van der Waals surface area (Å²) in [6.45, 7) is 4.27. The molecule has 0 saturated carbocycles. The van der Waals surface area contributed by atoms with Gasteiger partial charge in [-0.3, -0.25) is 0 Å². The van der Waals surface area contributed by atoms with E-state index in [9.17, 15) is 13.6 Å². The summed E-state index contributed by atoms with van der Waals surface area (Å²) in [5, 5.41) is 5.62. The lowest BCUT2D eigenvalue weighted by Crippen LogP contribution is -2.42. The molecule has 0 fully saturated rings. The van der Waals surface area contributed by atoms with Crippen molar-refractivity contribution in [2.45, 2.75) is 32.2 Å². The summed E-state index contributed by atoms with van der Waals surface area (Å²) in [5.74, 6) is 1.76. The Labute approximate surface area is 168 Å². The number of urea groups is 1. The molecule has 156 valence electrons. The highest BCUT2D eigenvalue weighted by molar-refractivity contribution is 5.74. The van der Waals surface area contributed by atoms with Gasteiger partial charge in [0, 0.05) is 18.5 Å². The van der Waals surface area contributed by atoms with Gasteiger partial charge >= 0.3 is 6.03 Å². The number of carbonyl (C=O) groups is 1. The summed E-state index contributed by atoms with van der Waals surface area (Å²) in [5.41, 5.74) is 1.45. The Morgan fingerprint density at radius 1 is 1.14 bits per heavy atom. The van der Waals surface area contributed by atoms with Gasteiger partial charge in [0.2, 0.25) is 6.79 Å². The fourth-order valence-electron chi connectivity index (χ4n) is 2.87. The smallest absolute Gasteiger partial charge is 0.315 e. The van der Waals surface area contributed by atoms with Crippen molar-refractivity contribution in [2.75, 3.05) is 19.9 Å². The Kier molecular flexibility index (Phi) is 6.41. The van der Waals surface area contributed by atoms with Gasteiger partial charge in [0.25, 0.3) is 6.43 Å². The summed E-state index contributed by atoms with van der Waals surface area (Å²) < 4.78 is 40.2. The largest absolute Gasteiger partial charge is 0.488 e. The highest BCUT2D eigenvalue weighted by Gasteiger charge is 2.24. The second-order valence-electron chi connectivity index (χ2n) is 7.34. The van der Waals surface area contributed by atoms with Crippen molar-refractivity contribution in [2.24, 2.45) is 0 Å². The van der Waals surface area contributed by atoms with Crippen LogP contribution in [-0.2, 0) is 12.0 Å². The average molecular weight is 406 g/mol. The molecule has 1 heterocycles. The number of benzene rings is 2.